The Morgan fingerprint density at radius 1 is 1.13 bits per heavy atom. The molecule has 2 heterocycles. The highest BCUT2D eigenvalue weighted by Gasteiger charge is 2.22. The normalized spacial score (nSPS) is 16.0. The Kier molecular flexibility index (Phi) is 5.97. The molecule has 0 radical (unpaired) electrons. The lowest BCUT2D eigenvalue weighted by molar-refractivity contribution is 0.261. The van der Waals surface area contributed by atoms with Crippen molar-refractivity contribution in [3.05, 3.63) is 76.9 Å². The highest BCUT2D eigenvalue weighted by molar-refractivity contribution is 5.80. The Bertz CT molecular complexity index is 1020. The molecule has 7 heteroatoms. The molecule has 7 nitrogen and oxygen atoms in total. The number of nitrogens with one attached hydrogen (secondary N) is 2. The lowest BCUT2D eigenvalue weighted by Gasteiger charge is -2.28. The molecule has 1 unspecified atom stereocenters. The molecule has 0 saturated carbocycles. The van der Waals surface area contributed by atoms with Crippen LogP contribution in [-0.4, -0.2) is 27.3 Å². The molecule has 30 heavy (non-hydrogen) atoms. The standard InChI is InChI=1S/C23H28N6O/c1-16-8-10-18(11-9-16)14-24-23(25-15-22-28-27-17(2)29(22)3)26-20-12-13-30-21-7-5-4-6-19(20)21/h4-11,20H,12-15H2,1-3H3,(H2,24,25,26). The van der Waals surface area contributed by atoms with Crippen molar-refractivity contribution in [3.63, 3.8) is 0 Å². The second kappa shape index (κ2) is 8.98. The van der Waals surface area contributed by atoms with E-state index in [0.717, 1.165) is 35.3 Å². The molecule has 4 rings (SSSR count). The third kappa shape index (κ3) is 4.62. The van der Waals surface area contributed by atoms with Crippen molar-refractivity contribution in [2.24, 2.45) is 12.0 Å². The maximum absolute atomic E-state index is 5.80. The minimum atomic E-state index is 0.139. The molecular weight excluding hydrogens is 376 g/mol. The first kappa shape index (κ1) is 19.9. The molecule has 0 amide bonds. The monoisotopic (exact) mass is 404 g/mol. The lowest BCUT2D eigenvalue weighted by atomic mass is 10.0. The summed E-state index contributed by atoms with van der Waals surface area (Å²) in [7, 11) is 1.97. The zero-order valence-corrected chi connectivity index (χ0v) is 17.7. The van der Waals surface area contributed by atoms with Crippen LogP contribution in [0.5, 0.6) is 5.75 Å². The van der Waals surface area contributed by atoms with Gasteiger partial charge >= 0.3 is 0 Å². The van der Waals surface area contributed by atoms with Crippen LogP contribution in [-0.2, 0) is 20.1 Å². The van der Waals surface area contributed by atoms with Gasteiger partial charge in [-0.2, -0.15) is 0 Å². The van der Waals surface area contributed by atoms with E-state index in [1.165, 1.54) is 11.1 Å². The third-order valence-electron chi connectivity index (χ3n) is 5.41. The Balaban J connectivity index is 1.52. The highest BCUT2D eigenvalue weighted by atomic mass is 16.5. The van der Waals surface area contributed by atoms with E-state index in [9.17, 15) is 0 Å². The molecule has 0 fully saturated rings. The summed E-state index contributed by atoms with van der Waals surface area (Å²) in [5.41, 5.74) is 3.57. The number of ether oxygens (including phenoxy) is 1. The number of guanidine groups is 1. The Morgan fingerprint density at radius 2 is 1.93 bits per heavy atom. The third-order valence-corrected chi connectivity index (χ3v) is 5.41. The summed E-state index contributed by atoms with van der Waals surface area (Å²) in [5.74, 6) is 3.43. The number of rotatable bonds is 5. The lowest BCUT2D eigenvalue weighted by Crippen LogP contribution is -2.41. The Hall–Kier alpha value is -3.35. The van der Waals surface area contributed by atoms with E-state index in [-0.39, 0.29) is 6.04 Å². The number of aryl methyl sites for hydroxylation is 2. The van der Waals surface area contributed by atoms with Gasteiger partial charge in [0.2, 0.25) is 0 Å². The molecule has 3 aromatic rings. The van der Waals surface area contributed by atoms with E-state index in [2.05, 4.69) is 58.1 Å². The second-order valence-corrected chi connectivity index (χ2v) is 7.60. The summed E-state index contributed by atoms with van der Waals surface area (Å²) in [6, 6.07) is 16.8. The van der Waals surface area contributed by atoms with Gasteiger partial charge in [0.1, 0.15) is 11.6 Å². The number of benzene rings is 2. The number of nitrogens with zero attached hydrogens (tertiary/aromatic N) is 4. The van der Waals surface area contributed by atoms with Gasteiger partial charge in [-0.05, 0) is 25.5 Å². The van der Waals surface area contributed by atoms with Gasteiger partial charge in [0, 0.05) is 19.0 Å². The first-order valence-corrected chi connectivity index (χ1v) is 10.3. The van der Waals surface area contributed by atoms with Crippen LogP contribution in [0.25, 0.3) is 0 Å². The molecule has 1 aliphatic rings. The van der Waals surface area contributed by atoms with Crippen molar-refractivity contribution in [3.8, 4) is 5.75 Å². The fourth-order valence-corrected chi connectivity index (χ4v) is 3.44. The highest BCUT2D eigenvalue weighted by Crippen LogP contribution is 2.31. The van der Waals surface area contributed by atoms with Gasteiger partial charge in [0.15, 0.2) is 11.8 Å². The van der Waals surface area contributed by atoms with Crippen LogP contribution in [0.4, 0.5) is 0 Å². The molecule has 156 valence electrons. The van der Waals surface area contributed by atoms with Gasteiger partial charge in [-0.25, -0.2) is 4.99 Å². The van der Waals surface area contributed by atoms with Gasteiger partial charge in [0.05, 0.1) is 25.7 Å². The van der Waals surface area contributed by atoms with Crippen LogP contribution >= 0.6 is 0 Å². The molecule has 1 aromatic heterocycles. The summed E-state index contributed by atoms with van der Waals surface area (Å²) >= 11 is 0. The predicted octanol–water partition coefficient (Wildman–Crippen LogP) is 3.19. The number of aliphatic imine (C=N–C) groups is 1. The van der Waals surface area contributed by atoms with Crippen molar-refractivity contribution in [2.75, 3.05) is 6.61 Å². The van der Waals surface area contributed by atoms with Gasteiger partial charge in [-0.15, -0.1) is 10.2 Å². The van der Waals surface area contributed by atoms with Gasteiger partial charge in [0.25, 0.3) is 0 Å². The maximum Gasteiger partial charge on any atom is 0.192 e. The van der Waals surface area contributed by atoms with Crippen LogP contribution in [0.2, 0.25) is 0 Å². The molecular formula is C23H28N6O. The van der Waals surface area contributed by atoms with Crippen LogP contribution in [0.1, 0.15) is 40.8 Å². The smallest absolute Gasteiger partial charge is 0.192 e. The quantitative estimate of drug-likeness (QED) is 0.505. The summed E-state index contributed by atoms with van der Waals surface area (Å²) < 4.78 is 7.78. The average Bonchev–Trinajstić information content (AvgIpc) is 3.09. The summed E-state index contributed by atoms with van der Waals surface area (Å²) in [5, 5.41) is 15.4. The van der Waals surface area contributed by atoms with Crippen LogP contribution in [0.15, 0.2) is 53.5 Å². The van der Waals surface area contributed by atoms with Crippen molar-refractivity contribution >= 4 is 5.96 Å². The van der Waals surface area contributed by atoms with Crippen molar-refractivity contribution in [1.29, 1.82) is 0 Å². The summed E-state index contributed by atoms with van der Waals surface area (Å²) in [4.78, 5) is 4.84. The van der Waals surface area contributed by atoms with Crippen LogP contribution in [0, 0.1) is 13.8 Å². The van der Waals surface area contributed by atoms with Gasteiger partial charge in [-0.1, -0.05) is 48.0 Å². The van der Waals surface area contributed by atoms with Crippen molar-refractivity contribution in [2.45, 2.75) is 39.4 Å². The summed E-state index contributed by atoms with van der Waals surface area (Å²) in [6.07, 6.45) is 0.880. The predicted molar refractivity (Wildman–Crippen MR) is 117 cm³/mol. The van der Waals surface area contributed by atoms with E-state index in [1.54, 1.807) is 0 Å². The minimum Gasteiger partial charge on any atom is -0.493 e. The second-order valence-electron chi connectivity index (χ2n) is 7.60. The van der Waals surface area contributed by atoms with Gasteiger partial charge in [-0.3, -0.25) is 0 Å². The van der Waals surface area contributed by atoms with E-state index in [0.29, 0.717) is 19.7 Å². The van der Waals surface area contributed by atoms with Crippen molar-refractivity contribution in [1.82, 2.24) is 25.4 Å². The SMILES string of the molecule is Cc1ccc(CN=C(NCc2nnc(C)n2C)NC2CCOc3ccccc32)cc1. The van der Waals surface area contributed by atoms with E-state index in [4.69, 9.17) is 9.73 Å². The van der Waals surface area contributed by atoms with E-state index in [1.807, 2.05) is 36.7 Å². The maximum atomic E-state index is 5.80. The van der Waals surface area contributed by atoms with Gasteiger partial charge < -0.3 is 19.9 Å². The molecule has 2 aromatic carbocycles. The molecule has 0 saturated heterocycles. The molecule has 0 spiro atoms. The van der Waals surface area contributed by atoms with E-state index >= 15 is 0 Å². The average molecular weight is 405 g/mol. The molecule has 1 aliphatic heterocycles. The van der Waals surface area contributed by atoms with Crippen LogP contribution < -0.4 is 15.4 Å². The molecule has 2 N–H and O–H groups in total. The fraction of sp³-hybridized carbons (Fsp3) is 0.348. The first-order chi connectivity index (χ1) is 14.6. The number of fused-ring (bicyclic) bond motifs is 1. The topological polar surface area (TPSA) is 76.4 Å². The number of hydrogen-bond donors (Lipinski definition) is 2. The zero-order chi connectivity index (χ0) is 20.9. The fourth-order valence-electron chi connectivity index (χ4n) is 3.44. The first-order valence-electron chi connectivity index (χ1n) is 10.3. The minimum absolute atomic E-state index is 0.139. The Morgan fingerprint density at radius 3 is 2.70 bits per heavy atom. The van der Waals surface area contributed by atoms with E-state index < -0.39 is 0 Å². The number of aromatic nitrogens is 3. The molecule has 0 bridgehead atoms. The number of para-hydroxylation sites is 1. The zero-order valence-electron chi connectivity index (χ0n) is 17.7. The number of hydrogen-bond acceptors (Lipinski definition) is 4. The molecule has 0 aliphatic carbocycles. The van der Waals surface area contributed by atoms with Crippen LogP contribution in [0.3, 0.4) is 0 Å². The summed E-state index contributed by atoms with van der Waals surface area (Å²) in [6.45, 7) is 5.86. The van der Waals surface area contributed by atoms with Crippen molar-refractivity contribution < 1.29 is 4.74 Å². The molecule has 1 atom stereocenters. The largest absolute Gasteiger partial charge is 0.493 e. The Labute approximate surface area is 177 Å².